The van der Waals surface area contributed by atoms with Crippen molar-refractivity contribution in [2.24, 2.45) is 4.99 Å². The van der Waals surface area contributed by atoms with Crippen molar-refractivity contribution < 1.29 is 23.5 Å². The molecule has 11 heteroatoms. The molecule has 0 aliphatic carbocycles. The number of pyridine rings is 1. The lowest BCUT2D eigenvalue weighted by atomic mass is 10.2. The molecule has 0 aromatic carbocycles. The lowest BCUT2D eigenvalue weighted by Crippen LogP contribution is -2.50. The Morgan fingerprint density at radius 3 is 2.85 bits per heavy atom. The minimum atomic E-state index is -2.82. The number of rotatable bonds is 7. The molecular weight excluding hydrogens is 362 g/mol. The SMILES string of the molecule is CN=CC(NC(=O)c1cccc(C(F)F)n1)C(=N)N1CCN(CCO)C1=O. The van der Waals surface area contributed by atoms with Crippen molar-refractivity contribution in [3.63, 3.8) is 0 Å². The fraction of sp³-hybridized carbons (Fsp3) is 0.438. The first-order chi connectivity index (χ1) is 12.9. The highest BCUT2D eigenvalue weighted by atomic mass is 19.3. The van der Waals surface area contributed by atoms with Crippen molar-refractivity contribution in [2.75, 3.05) is 33.3 Å². The maximum absolute atomic E-state index is 12.8. The molecule has 3 N–H and O–H groups in total. The van der Waals surface area contributed by atoms with Gasteiger partial charge in [0.1, 0.15) is 23.3 Å². The third-order valence-corrected chi connectivity index (χ3v) is 3.86. The number of aliphatic hydroxyl groups excluding tert-OH is 1. The molecule has 1 aromatic rings. The number of aliphatic imine (C=N–C) groups is 1. The van der Waals surface area contributed by atoms with Crippen LogP contribution < -0.4 is 5.32 Å². The van der Waals surface area contributed by atoms with E-state index in [-0.39, 0.29) is 31.2 Å². The van der Waals surface area contributed by atoms with E-state index in [9.17, 15) is 18.4 Å². The molecule has 0 radical (unpaired) electrons. The van der Waals surface area contributed by atoms with Crippen molar-refractivity contribution in [3.05, 3.63) is 29.6 Å². The second-order valence-electron chi connectivity index (χ2n) is 5.64. The van der Waals surface area contributed by atoms with Crippen LogP contribution in [0.1, 0.15) is 22.6 Å². The molecule has 2 rings (SSSR count). The zero-order valence-corrected chi connectivity index (χ0v) is 14.6. The van der Waals surface area contributed by atoms with E-state index in [4.69, 9.17) is 10.5 Å². The van der Waals surface area contributed by atoms with E-state index < -0.39 is 30.1 Å². The Morgan fingerprint density at radius 2 is 2.22 bits per heavy atom. The molecule has 27 heavy (non-hydrogen) atoms. The number of nitrogens with zero attached hydrogens (tertiary/aromatic N) is 4. The van der Waals surface area contributed by atoms with Crippen LogP contribution in [0.3, 0.4) is 0 Å². The molecule has 1 aromatic heterocycles. The number of urea groups is 1. The Kier molecular flexibility index (Phi) is 6.88. The number of aromatic nitrogens is 1. The molecule has 1 unspecified atom stereocenters. The third-order valence-electron chi connectivity index (χ3n) is 3.86. The minimum absolute atomic E-state index is 0.145. The summed E-state index contributed by atoms with van der Waals surface area (Å²) in [6.45, 7) is 0.506. The first kappa shape index (κ1) is 20.4. The van der Waals surface area contributed by atoms with Gasteiger partial charge in [-0.25, -0.2) is 18.6 Å². The molecule has 1 atom stereocenters. The minimum Gasteiger partial charge on any atom is -0.395 e. The number of nitrogens with one attached hydrogen (secondary N) is 2. The maximum atomic E-state index is 12.8. The van der Waals surface area contributed by atoms with Gasteiger partial charge in [0, 0.05) is 32.9 Å². The maximum Gasteiger partial charge on any atom is 0.325 e. The van der Waals surface area contributed by atoms with Crippen molar-refractivity contribution in [2.45, 2.75) is 12.5 Å². The number of hydrogen-bond donors (Lipinski definition) is 3. The van der Waals surface area contributed by atoms with Gasteiger partial charge in [-0.2, -0.15) is 0 Å². The van der Waals surface area contributed by atoms with Crippen molar-refractivity contribution in [1.82, 2.24) is 20.1 Å². The molecule has 1 fully saturated rings. The normalized spacial score (nSPS) is 15.7. The third kappa shape index (κ3) is 4.82. The van der Waals surface area contributed by atoms with Crippen LogP contribution in [-0.2, 0) is 0 Å². The number of aliphatic hydroxyl groups is 1. The quantitative estimate of drug-likeness (QED) is 0.470. The number of alkyl halides is 2. The van der Waals surface area contributed by atoms with Gasteiger partial charge in [-0.15, -0.1) is 0 Å². The second kappa shape index (κ2) is 9.12. The van der Waals surface area contributed by atoms with Gasteiger partial charge in [0.2, 0.25) is 0 Å². The van der Waals surface area contributed by atoms with Gasteiger partial charge in [0.25, 0.3) is 12.3 Å². The van der Waals surface area contributed by atoms with Crippen LogP contribution >= 0.6 is 0 Å². The van der Waals surface area contributed by atoms with E-state index in [1.54, 1.807) is 0 Å². The standard InChI is InChI=1S/C16H20F2N6O3/c1-20-9-12(14(19)24-6-5-23(7-8-25)16(24)27)22-15(26)11-4-2-3-10(21-11)13(17)18/h2-4,9,12-13,19,25H,5-8H2,1H3,(H,22,26). The molecular formula is C16H20F2N6O3. The summed E-state index contributed by atoms with van der Waals surface area (Å²) in [5.41, 5.74) is -0.766. The molecule has 0 spiro atoms. The van der Waals surface area contributed by atoms with E-state index in [0.29, 0.717) is 6.54 Å². The molecule has 3 amide bonds. The highest BCUT2D eigenvalue weighted by Crippen LogP contribution is 2.16. The smallest absolute Gasteiger partial charge is 0.325 e. The average molecular weight is 382 g/mol. The molecule has 0 saturated carbocycles. The lowest BCUT2D eigenvalue weighted by molar-refractivity contribution is 0.0946. The van der Waals surface area contributed by atoms with Crippen LogP contribution in [0.15, 0.2) is 23.2 Å². The van der Waals surface area contributed by atoms with Crippen molar-refractivity contribution in [3.8, 4) is 0 Å². The van der Waals surface area contributed by atoms with E-state index in [1.807, 2.05) is 0 Å². The second-order valence-corrected chi connectivity index (χ2v) is 5.64. The Labute approximate surface area is 154 Å². The summed E-state index contributed by atoms with van der Waals surface area (Å²) in [5, 5.41) is 19.7. The number of carbonyl (C=O) groups is 2. The topological polar surface area (TPSA) is 122 Å². The Morgan fingerprint density at radius 1 is 1.48 bits per heavy atom. The van der Waals surface area contributed by atoms with Gasteiger partial charge in [-0.1, -0.05) is 6.07 Å². The van der Waals surface area contributed by atoms with Crippen LogP contribution in [0.25, 0.3) is 0 Å². The average Bonchev–Trinajstić information content (AvgIpc) is 3.01. The Balaban J connectivity index is 2.13. The van der Waals surface area contributed by atoms with Gasteiger partial charge in [0.15, 0.2) is 0 Å². The van der Waals surface area contributed by atoms with Crippen molar-refractivity contribution >= 4 is 24.0 Å². The highest BCUT2D eigenvalue weighted by molar-refractivity contribution is 6.10. The highest BCUT2D eigenvalue weighted by Gasteiger charge is 2.34. The Bertz CT molecular complexity index is 743. The molecule has 0 bridgehead atoms. The van der Waals surface area contributed by atoms with Crippen molar-refractivity contribution in [1.29, 1.82) is 5.41 Å². The predicted octanol–water partition coefficient (Wildman–Crippen LogP) is 0.525. The fourth-order valence-corrected chi connectivity index (χ4v) is 2.54. The largest absolute Gasteiger partial charge is 0.395 e. The van der Waals surface area contributed by atoms with E-state index in [0.717, 1.165) is 11.0 Å². The van der Waals surface area contributed by atoms with Gasteiger partial charge in [-0.05, 0) is 12.1 Å². The summed E-state index contributed by atoms with van der Waals surface area (Å²) in [6.07, 6.45) is -1.55. The van der Waals surface area contributed by atoms with Gasteiger partial charge < -0.3 is 15.3 Å². The zero-order valence-electron chi connectivity index (χ0n) is 14.6. The lowest BCUT2D eigenvalue weighted by Gasteiger charge is -2.23. The molecule has 2 heterocycles. The Hall–Kier alpha value is -2.95. The van der Waals surface area contributed by atoms with Crippen LogP contribution in [0.2, 0.25) is 0 Å². The fourth-order valence-electron chi connectivity index (χ4n) is 2.54. The van der Waals surface area contributed by atoms with Crippen LogP contribution in [0.4, 0.5) is 13.6 Å². The van der Waals surface area contributed by atoms with E-state index in [1.165, 1.54) is 30.3 Å². The van der Waals surface area contributed by atoms with Gasteiger partial charge in [0.05, 0.1) is 6.61 Å². The summed E-state index contributed by atoms with van der Waals surface area (Å²) in [6, 6.07) is 2.16. The number of amidine groups is 1. The molecule has 1 aliphatic rings. The van der Waals surface area contributed by atoms with Crippen LogP contribution in [0.5, 0.6) is 0 Å². The number of halogens is 2. The summed E-state index contributed by atoms with van der Waals surface area (Å²) < 4.78 is 25.5. The zero-order chi connectivity index (χ0) is 20.0. The first-order valence-corrected chi connectivity index (χ1v) is 8.13. The molecule has 1 saturated heterocycles. The molecule has 9 nitrogen and oxygen atoms in total. The first-order valence-electron chi connectivity index (χ1n) is 8.13. The van der Waals surface area contributed by atoms with Crippen LogP contribution in [0, 0.1) is 5.41 Å². The molecule has 146 valence electrons. The predicted molar refractivity (Wildman–Crippen MR) is 93.4 cm³/mol. The summed E-state index contributed by atoms with van der Waals surface area (Å²) in [7, 11) is 1.44. The van der Waals surface area contributed by atoms with E-state index in [2.05, 4.69) is 15.3 Å². The number of amides is 3. The summed E-state index contributed by atoms with van der Waals surface area (Å²) in [4.78, 5) is 34.5. The number of β-amino-alcohol motifs (C(OH)–C–C–N with tert-alkyl or cyclic N) is 1. The summed E-state index contributed by atoms with van der Waals surface area (Å²) in [5.74, 6) is -0.990. The van der Waals surface area contributed by atoms with E-state index >= 15 is 0 Å². The van der Waals surface area contributed by atoms with Gasteiger partial charge >= 0.3 is 6.03 Å². The van der Waals surface area contributed by atoms with Crippen LogP contribution in [-0.4, -0.2) is 83.2 Å². The molecule has 1 aliphatic heterocycles. The summed E-state index contributed by atoms with van der Waals surface area (Å²) >= 11 is 0. The monoisotopic (exact) mass is 382 g/mol. The number of hydrogen-bond acceptors (Lipinski definition) is 6. The number of carbonyl (C=O) groups excluding carboxylic acids is 2. The van der Waals surface area contributed by atoms with Gasteiger partial charge in [-0.3, -0.25) is 20.1 Å².